The fraction of sp³-hybridized carbons (Fsp3) is 0. The zero-order valence-corrected chi connectivity index (χ0v) is 11.4. The quantitative estimate of drug-likeness (QED) is 0.783. The molecule has 0 aliphatic heterocycles. The molecule has 2 N–H and O–H groups in total. The predicted molar refractivity (Wildman–Crippen MR) is 73.0 cm³/mol. The summed E-state index contributed by atoms with van der Waals surface area (Å²) in [5.41, 5.74) is 7.05. The lowest BCUT2D eigenvalue weighted by Gasteiger charge is -1.93. The highest BCUT2D eigenvalue weighted by Gasteiger charge is 2.13. The summed E-state index contributed by atoms with van der Waals surface area (Å²) in [5, 5.41) is 6.19. The molecule has 5 nitrogen and oxygen atoms in total. The molecule has 18 heavy (non-hydrogen) atoms. The highest BCUT2D eigenvalue weighted by molar-refractivity contribution is 9.10. The number of aromatic nitrogens is 3. The maximum Gasteiger partial charge on any atom is 0.277 e. The number of benzene rings is 1. The lowest BCUT2D eigenvalue weighted by molar-refractivity contribution is 0.431. The molecule has 0 bridgehead atoms. The van der Waals surface area contributed by atoms with Gasteiger partial charge in [0.2, 0.25) is 5.82 Å². The third-order valence-electron chi connectivity index (χ3n) is 2.25. The zero-order valence-electron chi connectivity index (χ0n) is 9.00. The Balaban J connectivity index is 1.99. The molecule has 0 aliphatic rings. The average molecular weight is 323 g/mol. The van der Waals surface area contributed by atoms with Gasteiger partial charge in [0, 0.05) is 15.4 Å². The van der Waals surface area contributed by atoms with Gasteiger partial charge in [-0.1, -0.05) is 33.2 Å². The maximum atomic E-state index is 5.57. The van der Waals surface area contributed by atoms with Crippen molar-refractivity contribution in [1.82, 2.24) is 15.1 Å². The van der Waals surface area contributed by atoms with Gasteiger partial charge in [-0.15, -0.1) is 11.3 Å². The van der Waals surface area contributed by atoms with E-state index in [0.717, 1.165) is 10.0 Å². The van der Waals surface area contributed by atoms with E-state index < -0.39 is 0 Å². The minimum Gasteiger partial charge on any atom is -0.375 e. The van der Waals surface area contributed by atoms with Crippen molar-refractivity contribution in [2.24, 2.45) is 0 Å². The number of hydrogen-bond acceptors (Lipinski definition) is 6. The molecule has 0 fully saturated rings. The Hall–Kier alpha value is -1.73. The summed E-state index contributed by atoms with van der Waals surface area (Å²) in [6, 6.07) is 7.68. The van der Waals surface area contributed by atoms with Crippen molar-refractivity contribution in [1.29, 1.82) is 0 Å². The number of anilines is 1. The molecule has 0 unspecified atom stereocenters. The third kappa shape index (κ3) is 2.14. The van der Waals surface area contributed by atoms with Gasteiger partial charge in [-0.3, -0.25) is 0 Å². The molecule has 3 aromatic rings. The first-order valence-corrected chi connectivity index (χ1v) is 6.70. The van der Waals surface area contributed by atoms with Gasteiger partial charge >= 0.3 is 0 Å². The zero-order chi connectivity index (χ0) is 12.5. The second kappa shape index (κ2) is 4.51. The standard InChI is InChI=1S/C11H7BrN4OS/c12-7-3-1-2-6(4-7)9-15-10(17-16-9)8-5-18-11(13)14-8/h1-5H,(H2,13,14). The summed E-state index contributed by atoms with van der Waals surface area (Å²) >= 11 is 4.74. The van der Waals surface area contributed by atoms with E-state index in [2.05, 4.69) is 31.1 Å². The van der Waals surface area contributed by atoms with Crippen LogP contribution in [-0.4, -0.2) is 15.1 Å². The molecular formula is C11H7BrN4OS. The van der Waals surface area contributed by atoms with E-state index in [1.807, 2.05) is 24.3 Å². The second-order valence-electron chi connectivity index (χ2n) is 3.50. The van der Waals surface area contributed by atoms with Crippen LogP contribution < -0.4 is 5.73 Å². The number of rotatable bonds is 2. The van der Waals surface area contributed by atoms with Crippen LogP contribution in [0.2, 0.25) is 0 Å². The molecule has 0 saturated heterocycles. The first-order valence-electron chi connectivity index (χ1n) is 5.03. The van der Waals surface area contributed by atoms with Crippen LogP contribution in [0.4, 0.5) is 5.13 Å². The minimum atomic E-state index is 0.373. The number of nitrogens with zero attached hydrogens (tertiary/aromatic N) is 3. The minimum absolute atomic E-state index is 0.373. The Morgan fingerprint density at radius 1 is 1.28 bits per heavy atom. The molecule has 0 atom stereocenters. The topological polar surface area (TPSA) is 77.8 Å². The highest BCUT2D eigenvalue weighted by atomic mass is 79.9. The number of nitrogen functional groups attached to an aromatic ring is 1. The van der Waals surface area contributed by atoms with E-state index in [-0.39, 0.29) is 0 Å². The fourth-order valence-corrected chi connectivity index (χ4v) is 2.39. The van der Waals surface area contributed by atoms with Crippen LogP contribution in [0.25, 0.3) is 23.0 Å². The summed E-state index contributed by atoms with van der Waals surface area (Å²) in [4.78, 5) is 8.39. The average Bonchev–Trinajstić information content (AvgIpc) is 2.97. The number of halogens is 1. The number of thiazole rings is 1. The van der Waals surface area contributed by atoms with Gasteiger partial charge in [-0.25, -0.2) is 4.98 Å². The smallest absolute Gasteiger partial charge is 0.277 e. The normalized spacial score (nSPS) is 10.7. The van der Waals surface area contributed by atoms with Crippen molar-refractivity contribution < 1.29 is 4.52 Å². The molecule has 0 saturated carbocycles. The molecule has 0 radical (unpaired) electrons. The first-order chi connectivity index (χ1) is 8.72. The van der Waals surface area contributed by atoms with Crippen LogP contribution in [0, 0.1) is 0 Å². The van der Waals surface area contributed by atoms with Gasteiger partial charge in [0.05, 0.1) is 0 Å². The van der Waals surface area contributed by atoms with Crippen LogP contribution in [0.5, 0.6) is 0 Å². The molecule has 2 heterocycles. The number of hydrogen-bond donors (Lipinski definition) is 1. The van der Waals surface area contributed by atoms with Crippen LogP contribution in [-0.2, 0) is 0 Å². The van der Waals surface area contributed by atoms with Crippen LogP contribution >= 0.6 is 27.3 Å². The molecule has 7 heteroatoms. The summed E-state index contributed by atoms with van der Waals surface area (Å²) < 4.78 is 6.13. The summed E-state index contributed by atoms with van der Waals surface area (Å²) in [7, 11) is 0. The molecule has 90 valence electrons. The largest absolute Gasteiger partial charge is 0.375 e. The molecule has 0 spiro atoms. The van der Waals surface area contributed by atoms with E-state index in [0.29, 0.717) is 22.5 Å². The van der Waals surface area contributed by atoms with E-state index in [4.69, 9.17) is 10.3 Å². The molecule has 2 aromatic heterocycles. The van der Waals surface area contributed by atoms with E-state index >= 15 is 0 Å². The van der Waals surface area contributed by atoms with Crippen molar-refractivity contribution in [3.8, 4) is 23.0 Å². The molecular weight excluding hydrogens is 316 g/mol. The monoisotopic (exact) mass is 322 g/mol. The molecule has 1 aromatic carbocycles. The van der Waals surface area contributed by atoms with E-state index in [1.54, 1.807) is 5.38 Å². The second-order valence-corrected chi connectivity index (χ2v) is 5.31. The summed E-state index contributed by atoms with van der Waals surface area (Å²) in [6.45, 7) is 0. The van der Waals surface area contributed by atoms with Crippen LogP contribution in [0.15, 0.2) is 38.6 Å². The van der Waals surface area contributed by atoms with Crippen LogP contribution in [0.3, 0.4) is 0 Å². The Morgan fingerprint density at radius 2 is 2.17 bits per heavy atom. The Kier molecular flexibility index (Phi) is 2.85. The van der Waals surface area contributed by atoms with Gasteiger partial charge in [-0.2, -0.15) is 4.98 Å². The predicted octanol–water partition coefficient (Wildman–Crippen LogP) is 3.20. The first kappa shape index (κ1) is 11.4. The van der Waals surface area contributed by atoms with Crippen molar-refractivity contribution >= 4 is 32.4 Å². The van der Waals surface area contributed by atoms with Gasteiger partial charge in [0.15, 0.2) is 5.13 Å². The maximum absolute atomic E-state index is 5.57. The van der Waals surface area contributed by atoms with Crippen LogP contribution in [0.1, 0.15) is 0 Å². The lowest BCUT2D eigenvalue weighted by Crippen LogP contribution is -1.83. The van der Waals surface area contributed by atoms with Crippen molar-refractivity contribution in [3.05, 3.63) is 34.1 Å². The highest BCUT2D eigenvalue weighted by Crippen LogP contribution is 2.25. The Morgan fingerprint density at radius 3 is 2.89 bits per heavy atom. The van der Waals surface area contributed by atoms with Gasteiger partial charge in [-0.05, 0) is 12.1 Å². The van der Waals surface area contributed by atoms with E-state index in [1.165, 1.54) is 11.3 Å². The van der Waals surface area contributed by atoms with Gasteiger partial charge in [0.1, 0.15) is 5.69 Å². The fourth-order valence-electron chi connectivity index (χ4n) is 1.46. The SMILES string of the molecule is Nc1nc(-c2nc(-c3cccc(Br)c3)no2)cs1. The summed E-state index contributed by atoms with van der Waals surface area (Å²) in [6.07, 6.45) is 0. The molecule has 0 amide bonds. The van der Waals surface area contributed by atoms with E-state index in [9.17, 15) is 0 Å². The van der Waals surface area contributed by atoms with Crippen molar-refractivity contribution in [2.75, 3.05) is 5.73 Å². The Bertz CT molecular complexity index is 694. The third-order valence-corrected chi connectivity index (χ3v) is 3.42. The van der Waals surface area contributed by atoms with Gasteiger partial charge in [0.25, 0.3) is 5.89 Å². The molecule has 0 aliphatic carbocycles. The van der Waals surface area contributed by atoms with Gasteiger partial charge < -0.3 is 10.3 Å². The Labute approximate surface area is 115 Å². The van der Waals surface area contributed by atoms with Crippen molar-refractivity contribution in [3.63, 3.8) is 0 Å². The summed E-state index contributed by atoms with van der Waals surface area (Å²) in [5.74, 6) is 0.899. The lowest BCUT2D eigenvalue weighted by atomic mass is 10.2. The van der Waals surface area contributed by atoms with Crippen molar-refractivity contribution in [2.45, 2.75) is 0 Å². The molecule has 3 rings (SSSR count). The number of nitrogens with two attached hydrogens (primary N) is 1.